The van der Waals surface area contributed by atoms with Crippen molar-refractivity contribution in [1.29, 1.82) is 0 Å². The molecule has 82 valence electrons. The van der Waals surface area contributed by atoms with E-state index >= 15 is 0 Å². The van der Waals surface area contributed by atoms with Crippen LogP contribution in [0.5, 0.6) is 0 Å². The highest BCUT2D eigenvalue weighted by atomic mass is 15.1. The smallest absolute Gasteiger partial charge is 0.130 e. The van der Waals surface area contributed by atoms with Crippen LogP contribution in [0, 0.1) is 5.92 Å². The highest BCUT2D eigenvalue weighted by molar-refractivity contribution is 5.82. The van der Waals surface area contributed by atoms with Gasteiger partial charge in [0.2, 0.25) is 0 Å². The lowest BCUT2D eigenvalue weighted by atomic mass is 10.1. The first kappa shape index (κ1) is 10.2. The lowest BCUT2D eigenvalue weighted by Crippen LogP contribution is -2.21. The summed E-state index contributed by atoms with van der Waals surface area (Å²) < 4.78 is 1.98. The molecule has 0 unspecified atom stereocenters. The highest BCUT2D eigenvalue weighted by Gasteiger charge is 2.18. The normalized spacial score (nSPS) is 18.6. The molecule has 0 saturated heterocycles. The van der Waals surface area contributed by atoms with E-state index in [1.54, 1.807) is 6.20 Å². The third kappa shape index (κ3) is 2.37. The van der Waals surface area contributed by atoms with Crippen LogP contribution < -0.4 is 5.73 Å². The fourth-order valence-electron chi connectivity index (χ4n) is 2.06. The summed E-state index contributed by atoms with van der Waals surface area (Å²) in [6, 6.07) is 0. The maximum absolute atomic E-state index is 5.96. The van der Waals surface area contributed by atoms with Gasteiger partial charge in [0.1, 0.15) is 5.82 Å². The van der Waals surface area contributed by atoms with Crippen molar-refractivity contribution in [2.45, 2.75) is 32.2 Å². The number of aromatic nitrogens is 2. The van der Waals surface area contributed by atoms with Crippen molar-refractivity contribution < 1.29 is 0 Å². The number of rotatable bonds is 3. The minimum absolute atomic E-state index is 0.519. The fraction of sp³-hybridized carbons (Fsp3) is 0.636. The van der Waals surface area contributed by atoms with Crippen molar-refractivity contribution in [3.63, 3.8) is 0 Å². The van der Waals surface area contributed by atoms with Crippen LogP contribution in [0.15, 0.2) is 17.4 Å². The Morgan fingerprint density at radius 1 is 1.60 bits per heavy atom. The van der Waals surface area contributed by atoms with E-state index in [-0.39, 0.29) is 0 Å². The highest BCUT2D eigenvalue weighted by Crippen LogP contribution is 2.24. The van der Waals surface area contributed by atoms with E-state index in [4.69, 9.17) is 5.73 Å². The maximum Gasteiger partial charge on any atom is 0.130 e. The van der Waals surface area contributed by atoms with E-state index in [1.807, 2.05) is 17.8 Å². The molecule has 1 aromatic rings. The van der Waals surface area contributed by atoms with E-state index in [0.717, 1.165) is 11.7 Å². The zero-order valence-corrected chi connectivity index (χ0v) is 9.19. The summed E-state index contributed by atoms with van der Waals surface area (Å²) >= 11 is 0. The number of imidazole rings is 1. The first-order valence-corrected chi connectivity index (χ1v) is 5.53. The predicted molar refractivity (Wildman–Crippen MR) is 60.5 cm³/mol. The van der Waals surface area contributed by atoms with Crippen LogP contribution in [-0.2, 0) is 13.6 Å². The molecule has 1 saturated carbocycles. The van der Waals surface area contributed by atoms with E-state index < -0.39 is 0 Å². The zero-order valence-electron chi connectivity index (χ0n) is 9.19. The molecule has 15 heavy (non-hydrogen) atoms. The summed E-state index contributed by atoms with van der Waals surface area (Å²) in [5.41, 5.74) is 5.96. The van der Waals surface area contributed by atoms with Gasteiger partial charge in [-0.2, -0.15) is 0 Å². The van der Waals surface area contributed by atoms with Crippen molar-refractivity contribution in [3.8, 4) is 0 Å². The number of hydrogen-bond acceptors (Lipinski definition) is 2. The SMILES string of the molecule is Cn1ccnc1CN=C(N)C1CCCC1. The topological polar surface area (TPSA) is 56.2 Å². The Morgan fingerprint density at radius 2 is 2.33 bits per heavy atom. The third-order valence-corrected chi connectivity index (χ3v) is 3.10. The standard InChI is InChI=1S/C11H18N4/c1-15-7-6-13-10(15)8-14-11(12)9-4-2-3-5-9/h6-7,9H,2-5,8H2,1H3,(H2,12,14). The molecule has 1 aromatic heterocycles. The third-order valence-electron chi connectivity index (χ3n) is 3.10. The van der Waals surface area contributed by atoms with Crippen molar-refractivity contribution in [1.82, 2.24) is 9.55 Å². The summed E-state index contributed by atoms with van der Waals surface area (Å²) in [6.07, 6.45) is 8.71. The molecule has 1 aliphatic rings. The Morgan fingerprint density at radius 3 is 2.93 bits per heavy atom. The van der Waals surface area contributed by atoms with Gasteiger partial charge in [-0.25, -0.2) is 4.98 Å². The molecular weight excluding hydrogens is 188 g/mol. The van der Waals surface area contributed by atoms with Crippen molar-refractivity contribution in [2.75, 3.05) is 0 Å². The Kier molecular flexibility index (Phi) is 3.04. The van der Waals surface area contributed by atoms with Gasteiger partial charge < -0.3 is 10.3 Å². The van der Waals surface area contributed by atoms with Crippen LogP contribution in [0.3, 0.4) is 0 Å². The second kappa shape index (κ2) is 4.47. The summed E-state index contributed by atoms with van der Waals surface area (Å²) in [5, 5.41) is 0. The summed E-state index contributed by atoms with van der Waals surface area (Å²) in [6.45, 7) is 0.603. The molecule has 2 rings (SSSR count). The molecule has 0 bridgehead atoms. The van der Waals surface area contributed by atoms with Gasteiger partial charge >= 0.3 is 0 Å². The lowest BCUT2D eigenvalue weighted by molar-refractivity contribution is 0.708. The Balaban J connectivity index is 1.95. The number of hydrogen-bond donors (Lipinski definition) is 1. The van der Waals surface area contributed by atoms with Crippen LogP contribution in [0.4, 0.5) is 0 Å². The number of amidine groups is 1. The van der Waals surface area contributed by atoms with Gasteiger partial charge in [0, 0.05) is 25.4 Å². The van der Waals surface area contributed by atoms with Gasteiger partial charge in [-0.15, -0.1) is 0 Å². The van der Waals surface area contributed by atoms with Crippen LogP contribution in [-0.4, -0.2) is 15.4 Å². The summed E-state index contributed by atoms with van der Waals surface area (Å²) in [5.74, 6) is 2.30. The van der Waals surface area contributed by atoms with E-state index in [9.17, 15) is 0 Å². The first-order chi connectivity index (χ1) is 7.27. The quantitative estimate of drug-likeness (QED) is 0.601. The first-order valence-electron chi connectivity index (χ1n) is 5.53. The molecule has 1 heterocycles. The fourth-order valence-corrected chi connectivity index (χ4v) is 2.06. The summed E-state index contributed by atoms with van der Waals surface area (Å²) in [4.78, 5) is 8.64. The minimum Gasteiger partial charge on any atom is -0.387 e. The van der Waals surface area contributed by atoms with E-state index in [0.29, 0.717) is 12.5 Å². The Hall–Kier alpha value is -1.32. The van der Waals surface area contributed by atoms with E-state index in [2.05, 4.69) is 9.98 Å². The van der Waals surface area contributed by atoms with Crippen LogP contribution >= 0.6 is 0 Å². The predicted octanol–water partition coefficient (Wildman–Crippen LogP) is 1.47. The molecule has 1 aliphatic carbocycles. The van der Waals surface area contributed by atoms with Crippen LogP contribution in [0.2, 0.25) is 0 Å². The molecule has 1 fully saturated rings. The molecule has 0 aromatic carbocycles. The summed E-state index contributed by atoms with van der Waals surface area (Å²) in [7, 11) is 1.98. The van der Waals surface area contributed by atoms with Gasteiger partial charge in [0.15, 0.2) is 0 Å². The second-order valence-corrected chi connectivity index (χ2v) is 4.18. The molecule has 0 amide bonds. The molecule has 2 N–H and O–H groups in total. The van der Waals surface area contributed by atoms with Gasteiger partial charge in [-0.3, -0.25) is 4.99 Å². The van der Waals surface area contributed by atoms with Crippen molar-refractivity contribution >= 4 is 5.84 Å². The molecule has 0 spiro atoms. The number of aryl methyl sites for hydroxylation is 1. The number of nitrogens with two attached hydrogens (primary N) is 1. The second-order valence-electron chi connectivity index (χ2n) is 4.18. The molecule has 4 nitrogen and oxygen atoms in total. The Bertz CT molecular complexity index is 347. The molecular formula is C11H18N4. The van der Waals surface area contributed by atoms with E-state index in [1.165, 1.54) is 25.7 Å². The number of nitrogens with zero attached hydrogens (tertiary/aromatic N) is 3. The number of aliphatic imine (C=N–C) groups is 1. The van der Waals surface area contributed by atoms with Gasteiger partial charge in [0.25, 0.3) is 0 Å². The molecule has 0 aliphatic heterocycles. The molecule has 0 atom stereocenters. The van der Waals surface area contributed by atoms with Gasteiger partial charge in [-0.1, -0.05) is 12.8 Å². The lowest BCUT2D eigenvalue weighted by Gasteiger charge is -2.07. The largest absolute Gasteiger partial charge is 0.387 e. The average molecular weight is 206 g/mol. The van der Waals surface area contributed by atoms with Gasteiger partial charge in [-0.05, 0) is 12.8 Å². The monoisotopic (exact) mass is 206 g/mol. The average Bonchev–Trinajstić information content (AvgIpc) is 2.85. The Labute approximate surface area is 90.2 Å². The van der Waals surface area contributed by atoms with Crippen molar-refractivity contribution in [2.24, 2.45) is 23.7 Å². The molecule has 0 radical (unpaired) electrons. The van der Waals surface area contributed by atoms with Gasteiger partial charge in [0.05, 0.1) is 12.4 Å². The maximum atomic E-state index is 5.96. The van der Waals surface area contributed by atoms with Crippen LogP contribution in [0.25, 0.3) is 0 Å². The van der Waals surface area contributed by atoms with Crippen LogP contribution in [0.1, 0.15) is 31.5 Å². The molecule has 4 heteroatoms. The minimum atomic E-state index is 0.519. The zero-order chi connectivity index (χ0) is 10.7. The van der Waals surface area contributed by atoms with Crippen molar-refractivity contribution in [3.05, 3.63) is 18.2 Å².